The number of fused-ring (bicyclic) bond motifs is 5. The molecule has 0 saturated heterocycles. The van der Waals surface area contributed by atoms with E-state index in [1.807, 2.05) is 0 Å². The third-order valence-electron chi connectivity index (χ3n) is 6.47. The third kappa shape index (κ3) is 1.57. The van der Waals surface area contributed by atoms with Crippen LogP contribution in [0.3, 0.4) is 0 Å². The Kier molecular flexibility index (Phi) is 2.62. The Morgan fingerprint density at radius 1 is 1.20 bits per heavy atom. The Morgan fingerprint density at radius 3 is 2.90 bits per heavy atom. The number of carbonyl (C=O) groups is 1. The minimum absolute atomic E-state index is 0.112. The van der Waals surface area contributed by atoms with Crippen LogP contribution in [0.5, 0.6) is 0 Å². The molecular formula is C18H22O2. The molecule has 106 valence electrons. The van der Waals surface area contributed by atoms with Gasteiger partial charge in [0, 0.05) is 5.92 Å². The largest absolute Gasteiger partial charge is 0.393 e. The quantitative estimate of drug-likeness (QED) is 0.734. The van der Waals surface area contributed by atoms with Crippen molar-refractivity contribution in [1.82, 2.24) is 0 Å². The molecule has 2 saturated carbocycles. The molecule has 1 unspecified atom stereocenters. The third-order valence-corrected chi connectivity index (χ3v) is 6.47. The zero-order chi connectivity index (χ0) is 13.9. The van der Waals surface area contributed by atoms with Gasteiger partial charge >= 0.3 is 0 Å². The van der Waals surface area contributed by atoms with Gasteiger partial charge in [0.05, 0.1) is 6.10 Å². The highest BCUT2D eigenvalue weighted by atomic mass is 16.3. The lowest BCUT2D eigenvalue weighted by molar-refractivity contribution is -0.110. The summed E-state index contributed by atoms with van der Waals surface area (Å²) in [6.07, 6.45) is 14.4. The van der Waals surface area contributed by atoms with Gasteiger partial charge in [-0.2, -0.15) is 0 Å². The van der Waals surface area contributed by atoms with Gasteiger partial charge in [-0.3, -0.25) is 4.79 Å². The molecule has 6 atom stereocenters. The summed E-state index contributed by atoms with van der Waals surface area (Å²) in [7, 11) is 0. The highest BCUT2D eigenvalue weighted by molar-refractivity contribution is 6.01. The van der Waals surface area contributed by atoms with Crippen LogP contribution in [0, 0.1) is 29.1 Å². The molecule has 2 nitrogen and oxygen atoms in total. The Labute approximate surface area is 120 Å². The minimum atomic E-state index is -0.123. The molecule has 4 rings (SSSR count). The number of rotatable bonds is 0. The van der Waals surface area contributed by atoms with Gasteiger partial charge in [-0.15, -0.1) is 0 Å². The van der Waals surface area contributed by atoms with Crippen molar-refractivity contribution in [2.75, 3.05) is 0 Å². The molecule has 2 heteroatoms. The van der Waals surface area contributed by atoms with Gasteiger partial charge in [-0.25, -0.2) is 0 Å². The lowest BCUT2D eigenvalue weighted by atomic mass is 9.55. The van der Waals surface area contributed by atoms with Crippen LogP contribution in [0.4, 0.5) is 0 Å². The van der Waals surface area contributed by atoms with Gasteiger partial charge < -0.3 is 5.11 Å². The fourth-order valence-corrected chi connectivity index (χ4v) is 5.28. The van der Waals surface area contributed by atoms with E-state index in [9.17, 15) is 9.90 Å². The van der Waals surface area contributed by atoms with Crippen LogP contribution < -0.4 is 0 Å². The standard InChI is InChI=1S/C18H22O2/c1-18-9-8-14-13-5-3-12(19)10-11(13)2-4-15(14)16(18)6-7-17(18)20/h2-5,10,13-17,20H,6-9H2,1H3/t13-,14+,15+,16-,17?,18-/m0/s1. The zero-order valence-corrected chi connectivity index (χ0v) is 12.0. The maximum atomic E-state index is 11.5. The molecule has 0 amide bonds. The van der Waals surface area contributed by atoms with E-state index in [4.69, 9.17) is 0 Å². The van der Waals surface area contributed by atoms with Crippen LogP contribution >= 0.6 is 0 Å². The first-order valence-corrected chi connectivity index (χ1v) is 7.89. The second-order valence-corrected chi connectivity index (χ2v) is 7.28. The highest BCUT2D eigenvalue weighted by Crippen LogP contribution is 2.59. The van der Waals surface area contributed by atoms with Gasteiger partial charge in [-0.1, -0.05) is 25.2 Å². The van der Waals surface area contributed by atoms with Gasteiger partial charge in [-0.05, 0) is 66.6 Å². The topological polar surface area (TPSA) is 37.3 Å². The van der Waals surface area contributed by atoms with Crippen LogP contribution in [-0.4, -0.2) is 17.0 Å². The molecule has 4 aliphatic rings. The lowest BCUT2D eigenvalue weighted by Gasteiger charge is -2.50. The molecule has 2 fully saturated rings. The Hall–Kier alpha value is -1.15. The Balaban J connectivity index is 1.71. The van der Waals surface area contributed by atoms with Crippen molar-refractivity contribution < 1.29 is 9.90 Å². The van der Waals surface area contributed by atoms with Crippen LogP contribution in [0.1, 0.15) is 32.6 Å². The van der Waals surface area contributed by atoms with Crippen LogP contribution in [0.25, 0.3) is 0 Å². The average Bonchev–Trinajstić information content (AvgIpc) is 2.74. The van der Waals surface area contributed by atoms with Crippen molar-refractivity contribution >= 4 is 5.78 Å². The smallest absolute Gasteiger partial charge is 0.178 e. The second-order valence-electron chi connectivity index (χ2n) is 7.28. The maximum absolute atomic E-state index is 11.5. The fourth-order valence-electron chi connectivity index (χ4n) is 5.28. The number of ketones is 1. The van der Waals surface area contributed by atoms with Crippen molar-refractivity contribution in [3.8, 4) is 0 Å². The number of hydrogen-bond donors (Lipinski definition) is 1. The van der Waals surface area contributed by atoms with Gasteiger partial charge in [0.15, 0.2) is 5.78 Å². The van der Waals surface area contributed by atoms with E-state index in [1.165, 1.54) is 12.0 Å². The normalized spacial score (nSPS) is 49.4. The average molecular weight is 270 g/mol. The monoisotopic (exact) mass is 270 g/mol. The summed E-state index contributed by atoms with van der Waals surface area (Å²) in [4.78, 5) is 11.5. The van der Waals surface area contributed by atoms with Gasteiger partial charge in [0.2, 0.25) is 0 Å². The zero-order valence-electron chi connectivity index (χ0n) is 12.0. The van der Waals surface area contributed by atoms with Crippen molar-refractivity contribution in [2.24, 2.45) is 29.1 Å². The molecule has 0 aromatic carbocycles. The molecule has 20 heavy (non-hydrogen) atoms. The van der Waals surface area contributed by atoms with E-state index in [0.29, 0.717) is 23.7 Å². The summed E-state index contributed by atoms with van der Waals surface area (Å²) in [5.41, 5.74) is 1.31. The molecule has 0 aromatic heterocycles. The van der Waals surface area contributed by atoms with E-state index in [2.05, 4.69) is 25.2 Å². The summed E-state index contributed by atoms with van der Waals surface area (Å²) in [6, 6.07) is 0. The first kappa shape index (κ1) is 12.6. The summed E-state index contributed by atoms with van der Waals surface area (Å²) in [5, 5.41) is 10.3. The molecule has 0 aliphatic heterocycles. The Bertz CT molecular complexity index is 542. The van der Waals surface area contributed by atoms with E-state index in [1.54, 1.807) is 12.2 Å². The van der Waals surface area contributed by atoms with Gasteiger partial charge in [0.1, 0.15) is 0 Å². The van der Waals surface area contributed by atoms with Crippen molar-refractivity contribution in [3.63, 3.8) is 0 Å². The van der Waals surface area contributed by atoms with Crippen molar-refractivity contribution in [1.29, 1.82) is 0 Å². The van der Waals surface area contributed by atoms with Crippen LogP contribution in [0.15, 0.2) is 36.0 Å². The number of allylic oxidation sites excluding steroid dienone is 6. The lowest BCUT2D eigenvalue weighted by Crippen LogP contribution is -2.45. The highest BCUT2D eigenvalue weighted by Gasteiger charge is 2.54. The first-order chi connectivity index (χ1) is 9.59. The van der Waals surface area contributed by atoms with E-state index in [-0.39, 0.29) is 17.3 Å². The number of carbonyl (C=O) groups excluding carboxylic acids is 1. The molecule has 0 aromatic rings. The molecule has 0 radical (unpaired) electrons. The first-order valence-electron chi connectivity index (χ1n) is 7.89. The van der Waals surface area contributed by atoms with E-state index >= 15 is 0 Å². The summed E-state index contributed by atoms with van der Waals surface area (Å²) in [5.74, 6) is 2.35. The SMILES string of the molecule is C[C@]12CC[C@H]3[C@@H](C=CC4=CC(=O)C=C[C@@H]43)[C@@H]1CCC2O. The number of aliphatic hydroxyl groups is 1. The number of aliphatic hydroxyl groups excluding tert-OH is 1. The summed E-state index contributed by atoms with van der Waals surface area (Å²) >= 11 is 0. The molecule has 1 N–H and O–H groups in total. The van der Waals surface area contributed by atoms with Crippen LogP contribution in [0.2, 0.25) is 0 Å². The van der Waals surface area contributed by atoms with Gasteiger partial charge in [0.25, 0.3) is 0 Å². The molecule has 0 bridgehead atoms. The second kappa shape index (κ2) is 4.17. The van der Waals surface area contributed by atoms with Crippen LogP contribution in [-0.2, 0) is 4.79 Å². The summed E-state index contributed by atoms with van der Waals surface area (Å²) < 4.78 is 0. The Morgan fingerprint density at radius 2 is 2.05 bits per heavy atom. The predicted molar refractivity (Wildman–Crippen MR) is 77.9 cm³/mol. The molecule has 0 heterocycles. The molecular weight excluding hydrogens is 248 g/mol. The van der Waals surface area contributed by atoms with Crippen molar-refractivity contribution in [2.45, 2.75) is 38.7 Å². The predicted octanol–water partition coefficient (Wildman–Crippen LogP) is 3.04. The van der Waals surface area contributed by atoms with Crippen molar-refractivity contribution in [3.05, 3.63) is 36.0 Å². The van der Waals surface area contributed by atoms with E-state index < -0.39 is 0 Å². The van der Waals surface area contributed by atoms with E-state index in [0.717, 1.165) is 19.3 Å². The molecule has 4 aliphatic carbocycles. The molecule has 0 spiro atoms. The number of hydrogen-bond acceptors (Lipinski definition) is 2. The fraction of sp³-hybridized carbons (Fsp3) is 0.611. The summed E-state index contributed by atoms with van der Waals surface area (Å²) in [6.45, 7) is 2.28. The maximum Gasteiger partial charge on any atom is 0.178 e. The minimum Gasteiger partial charge on any atom is -0.393 e.